The number of nitrogens with zero attached hydrogens (tertiary/aromatic N) is 4. The van der Waals surface area contributed by atoms with E-state index >= 15 is 0 Å². The maximum absolute atomic E-state index is 4.73. The van der Waals surface area contributed by atoms with Crippen molar-refractivity contribution in [3.63, 3.8) is 0 Å². The first-order chi connectivity index (χ1) is 14.3. The lowest BCUT2D eigenvalue weighted by atomic mass is 10.1. The van der Waals surface area contributed by atoms with Gasteiger partial charge in [-0.05, 0) is 51.4 Å². The van der Waals surface area contributed by atoms with Crippen molar-refractivity contribution in [2.75, 3.05) is 32.7 Å². The zero-order chi connectivity index (χ0) is 19.9. The molecule has 0 radical (unpaired) electrons. The Morgan fingerprint density at radius 1 is 1.10 bits per heavy atom. The van der Waals surface area contributed by atoms with Crippen LogP contribution >= 0.6 is 11.8 Å². The fourth-order valence-corrected chi connectivity index (χ4v) is 5.28. The van der Waals surface area contributed by atoms with Gasteiger partial charge in [0.25, 0.3) is 0 Å². The smallest absolute Gasteiger partial charge is 0.185 e. The van der Waals surface area contributed by atoms with E-state index in [2.05, 4.69) is 51.4 Å². The molecule has 1 aromatic carbocycles. The van der Waals surface area contributed by atoms with Crippen LogP contribution in [-0.2, 0) is 0 Å². The molecule has 0 amide bonds. The summed E-state index contributed by atoms with van der Waals surface area (Å²) in [5.41, 5.74) is 5.66. The largest absolute Gasteiger partial charge is 0.350 e. The third-order valence-electron chi connectivity index (χ3n) is 5.85. The van der Waals surface area contributed by atoms with Crippen molar-refractivity contribution in [1.29, 1.82) is 0 Å². The van der Waals surface area contributed by atoms with Crippen molar-refractivity contribution in [3.05, 3.63) is 42.1 Å². The van der Waals surface area contributed by atoms with Crippen LogP contribution in [0.1, 0.15) is 56.4 Å². The van der Waals surface area contributed by atoms with Crippen LogP contribution in [0.25, 0.3) is 10.9 Å². The molecule has 0 bridgehead atoms. The van der Waals surface area contributed by atoms with Gasteiger partial charge in [0.2, 0.25) is 0 Å². The quantitative estimate of drug-likeness (QED) is 0.675. The number of hydrogen-bond donors (Lipinski definition) is 1. The van der Waals surface area contributed by atoms with Crippen LogP contribution in [0.2, 0.25) is 0 Å². The normalized spacial score (nSPS) is 19.9. The van der Waals surface area contributed by atoms with Gasteiger partial charge in [-0.2, -0.15) is 5.10 Å². The number of rotatable bonds is 8. The van der Waals surface area contributed by atoms with E-state index in [0.717, 1.165) is 23.8 Å². The molecule has 0 spiro atoms. The molecular weight excluding hydrogens is 378 g/mol. The summed E-state index contributed by atoms with van der Waals surface area (Å²) in [6.45, 7) is 8.21. The molecule has 4 rings (SSSR count). The van der Waals surface area contributed by atoms with Gasteiger partial charge < -0.3 is 9.80 Å². The molecule has 3 heterocycles. The van der Waals surface area contributed by atoms with Crippen LogP contribution in [0.5, 0.6) is 0 Å². The number of likely N-dealkylation sites (tertiary alicyclic amines) is 1. The van der Waals surface area contributed by atoms with Gasteiger partial charge in [-0.25, -0.2) is 0 Å². The molecule has 2 aromatic rings. The predicted octanol–water partition coefficient (Wildman–Crippen LogP) is 4.82. The summed E-state index contributed by atoms with van der Waals surface area (Å²) in [5, 5.41) is 7.19. The molecular formula is C23H33N5S. The summed E-state index contributed by atoms with van der Waals surface area (Å²) in [5.74, 6) is 0. The lowest BCUT2D eigenvalue weighted by Crippen LogP contribution is -2.35. The Balaban J connectivity index is 1.38. The standard InChI is InChI=1S/C23H33N5S/c1-2-3-17-28(18-9-16-27-14-5-4-6-15-27)23-26-25-22(29-23)20-12-7-10-19-11-8-13-24-21(19)20/h7-8,10-13,22,25H,2-6,9,14-18H2,1H3. The summed E-state index contributed by atoms with van der Waals surface area (Å²) in [6, 6.07) is 10.5. The van der Waals surface area contributed by atoms with E-state index in [1.165, 1.54) is 69.1 Å². The van der Waals surface area contributed by atoms with Gasteiger partial charge in [0.1, 0.15) is 5.37 Å². The summed E-state index contributed by atoms with van der Waals surface area (Å²) < 4.78 is 0. The lowest BCUT2D eigenvalue weighted by molar-refractivity contribution is 0.219. The fraction of sp³-hybridized carbons (Fsp3) is 0.565. The second kappa shape index (κ2) is 10.3. The molecule has 1 atom stereocenters. The van der Waals surface area contributed by atoms with Crippen LogP contribution in [0, 0.1) is 0 Å². The van der Waals surface area contributed by atoms with Gasteiger partial charge in [0.05, 0.1) is 5.52 Å². The predicted molar refractivity (Wildman–Crippen MR) is 124 cm³/mol. The van der Waals surface area contributed by atoms with Crippen LogP contribution in [0.4, 0.5) is 0 Å². The molecule has 0 saturated carbocycles. The number of amidine groups is 1. The minimum atomic E-state index is 0.134. The molecule has 1 saturated heterocycles. The zero-order valence-corrected chi connectivity index (χ0v) is 18.3. The van der Waals surface area contributed by atoms with E-state index in [0.29, 0.717) is 0 Å². The first-order valence-corrected chi connectivity index (χ1v) is 12.0. The van der Waals surface area contributed by atoms with Crippen molar-refractivity contribution in [2.24, 2.45) is 5.10 Å². The van der Waals surface area contributed by atoms with Crippen LogP contribution in [-0.4, -0.2) is 52.7 Å². The molecule has 2 aliphatic rings. The Bertz CT molecular complexity index is 813. The highest BCUT2D eigenvalue weighted by Gasteiger charge is 2.26. The molecule has 6 heteroatoms. The number of hydrazone groups is 1. The Morgan fingerprint density at radius 2 is 1.93 bits per heavy atom. The lowest BCUT2D eigenvalue weighted by Gasteiger charge is -2.28. The third kappa shape index (κ3) is 5.23. The Hall–Kier alpha value is -1.79. The van der Waals surface area contributed by atoms with Crippen molar-refractivity contribution < 1.29 is 0 Å². The number of piperidine rings is 1. The van der Waals surface area contributed by atoms with Crippen molar-refractivity contribution >= 4 is 27.8 Å². The van der Waals surface area contributed by atoms with Gasteiger partial charge in [-0.1, -0.05) is 55.8 Å². The second-order valence-corrected chi connectivity index (χ2v) is 9.11. The van der Waals surface area contributed by atoms with Crippen molar-refractivity contribution in [2.45, 2.75) is 50.8 Å². The summed E-state index contributed by atoms with van der Waals surface area (Å²) >= 11 is 1.83. The van der Waals surface area contributed by atoms with E-state index in [4.69, 9.17) is 5.10 Å². The van der Waals surface area contributed by atoms with Crippen LogP contribution in [0.3, 0.4) is 0 Å². The first-order valence-electron chi connectivity index (χ1n) is 11.2. The van der Waals surface area contributed by atoms with E-state index in [9.17, 15) is 0 Å². The minimum absolute atomic E-state index is 0.134. The van der Waals surface area contributed by atoms with Gasteiger partial charge >= 0.3 is 0 Å². The van der Waals surface area contributed by atoms with Crippen molar-refractivity contribution in [3.8, 4) is 0 Å². The maximum atomic E-state index is 4.73. The number of nitrogens with one attached hydrogen (secondary N) is 1. The Morgan fingerprint density at radius 3 is 2.79 bits per heavy atom. The number of unbranched alkanes of at least 4 members (excludes halogenated alkanes) is 1. The average molecular weight is 412 g/mol. The molecule has 2 aliphatic heterocycles. The third-order valence-corrected chi connectivity index (χ3v) is 7.01. The molecule has 156 valence electrons. The van der Waals surface area contributed by atoms with E-state index in [1.54, 1.807) is 0 Å². The van der Waals surface area contributed by atoms with E-state index in [1.807, 2.05) is 24.0 Å². The van der Waals surface area contributed by atoms with Gasteiger partial charge in [-0.15, -0.1) is 0 Å². The average Bonchev–Trinajstić information content (AvgIpc) is 3.26. The van der Waals surface area contributed by atoms with Crippen molar-refractivity contribution in [1.82, 2.24) is 20.2 Å². The minimum Gasteiger partial charge on any atom is -0.350 e. The number of pyridine rings is 1. The maximum Gasteiger partial charge on any atom is 0.185 e. The summed E-state index contributed by atoms with van der Waals surface area (Å²) in [4.78, 5) is 9.75. The number of aromatic nitrogens is 1. The molecule has 1 fully saturated rings. The monoisotopic (exact) mass is 411 g/mol. The number of hydrogen-bond acceptors (Lipinski definition) is 6. The van der Waals surface area contributed by atoms with Gasteiger partial charge in [0.15, 0.2) is 5.17 Å². The fourth-order valence-electron chi connectivity index (χ4n) is 4.21. The highest BCUT2D eigenvalue weighted by Crippen LogP contribution is 2.36. The van der Waals surface area contributed by atoms with Crippen LogP contribution < -0.4 is 5.43 Å². The molecule has 1 unspecified atom stereocenters. The Kier molecular flexibility index (Phi) is 7.28. The molecule has 1 aromatic heterocycles. The van der Waals surface area contributed by atoms with Gasteiger partial charge in [-0.3, -0.25) is 10.4 Å². The number of benzene rings is 1. The first kappa shape index (κ1) is 20.5. The zero-order valence-electron chi connectivity index (χ0n) is 17.5. The molecule has 1 N–H and O–H groups in total. The SMILES string of the molecule is CCCCN(CCCN1CCCCC1)C1=NNC(c2cccc3cccnc23)S1. The summed E-state index contributed by atoms with van der Waals surface area (Å²) in [7, 11) is 0. The topological polar surface area (TPSA) is 43.8 Å². The van der Waals surface area contributed by atoms with Gasteiger partial charge in [0, 0.05) is 30.2 Å². The highest BCUT2D eigenvalue weighted by molar-refractivity contribution is 8.14. The van der Waals surface area contributed by atoms with E-state index in [-0.39, 0.29) is 5.37 Å². The molecule has 0 aliphatic carbocycles. The summed E-state index contributed by atoms with van der Waals surface area (Å²) in [6.07, 6.45) is 9.65. The number of fused-ring (bicyclic) bond motifs is 1. The number of thioether (sulfide) groups is 1. The molecule has 5 nitrogen and oxygen atoms in total. The second-order valence-electron chi connectivity index (χ2n) is 8.04. The Labute approximate surface area is 178 Å². The van der Waals surface area contributed by atoms with Crippen LogP contribution in [0.15, 0.2) is 41.6 Å². The van der Waals surface area contributed by atoms with E-state index < -0.39 is 0 Å². The molecule has 29 heavy (non-hydrogen) atoms. The number of para-hydroxylation sites is 1. The highest BCUT2D eigenvalue weighted by atomic mass is 32.2.